The summed E-state index contributed by atoms with van der Waals surface area (Å²) >= 11 is 0. The Hall–Kier alpha value is -3.13. The number of aromatic nitrogens is 2. The van der Waals surface area contributed by atoms with Crippen molar-refractivity contribution in [2.45, 2.75) is 31.5 Å². The molecule has 0 saturated carbocycles. The van der Waals surface area contributed by atoms with E-state index in [0.717, 1.165) is 16.7 Å². The number of hydrogen-bond acceptors (Lipinski definition) is 4. The lowest BCUT2D eigenvalue weighted by Crippen LogP contribution is -2.35. The first-order valence-corrected chi connectivity index (χ1v) is 11.2. The van der Waals surface area contributed by atoms with Gasteiger partial charge in [-0.05, 0) is 41.3 Å². The first kappa shape index (κ1) is 20.2. The molecule has 1 aromatic heterocycles. The van der Waals surface area contributed by atoms with Gasteiger partial charge in [-0.1, -0.05) is 36.4 Å². The molecular formula is C22H24N4O3S. The zero-order valence-electron chi connectivity index (χ0n) is 17.0. The summed E-state index contributed by atoms with van der Waals surface area (Å²) < 4.78 is 29.8. The first-order chi connectivity index (χ1) is 14.3. The lowest BCUT2D eigenvalue weighted by molar-refractivity contribution is -0.129. The number of amides is 1. The van der Waals surface area contributed by atoms with Crippen molar-refractivity contribution in [2.75, 3.05) is 10.8 Å². The number of fused-ring (bicyclic) bond motifs is 1. The topological polar surface area (TPSA) is 75.5 Å². The summed E-state index contributed by atoms with van der Waals surface area (Å²) in [5.74, 6) is 0.0492. The third-order valence-corrected chi connectivity index (χ3v) is 7.01. The van der Waals surface area contributed by atoms with E-state index in [2.05, 4.69) is 5.10 Å². The standard InChI is InChI=1S/C22H24N4O3S/c1-17(27)25-13-10-19-14-21(9-8-20(19)16-25)26(15-18-6-4-3-5-7-18)30(28,29)22-11-12-24(2)23-22/h3-9,11-12,14H,10,13,15-16H2,1-2H3. The molecule has 8 heteroatoms. The molecule has 2 aromatic carbocycles. The minimum Gasteiger partial charge on any atom is -0.338 e. The highest BCUT2D eigenvalue weighted by molar-refractivity contribution is 7.92. The molecule has 0 bridgehead atoms. The van der Waals surface area contributed by atoms with Gasteiger partial charge in [0, 0.05) is 33.3 Å². The van der Waals surface area contributed by atoms with Gasteiger partial charge in [-0.3, -0.25) is 13.8 Å². The number of rotatable bonds is 5. The Labute approximate surface area is 176 Å². The highest BCUT2D eigenvalue weighted by Gasteiger charge is 2.29. The van der Waals surface area contributed by atoms with Crippen LogP contribution in [0.4, 0.5) is 5.69 Å². The molecule has 2 heterocycles. The summed E-state index contributed by atoms with van der Waals surface area (Å²) in [5.41, 5.74) is 3.60. The number of anilines is 1. The van der Waals surface area contributed by atoms with Crippen molar-refractivity contribution >= 4 is 21.6 Å². The molecule has 0 N–H and O–H groups in total. The van der Waals surface area contributed by atoms with Crippen LogP contribution in [0.1, 0.15) is 23.6 Å². The fraction of sp³-hybridized carbons (Fsp3) is 0.273. The summed E-state index contributed by atoms with van der Waals surface area (Å²) in [5, 5.41) is 4.15. The van der Waals surface area contributed by atoms with Gasteiger partial charge in [0.1, 0.15) is 0 Å². The van der Waals surface area contributed by atoms with E-state index < -0.39 is 10.0 Å². The van der Waals surface area contributed by atoms with Crippen molar-refractivity contribution in [1.29, 1.82) is 0 Å². The molecule has 0 radical (unpaired) electrons. The maximum absolute atomic E-state index is 13.5. The lowest BCUT2D eigenvalue weighted by Gasteiger charge is -2.30. The fourth-order valence-electron chi connectivity index (χ4n) is 3.67. The van der Waals surface area contributed by atoms with Crippen LogP contribution in [0.5, 0.6) is 0 Å². The molecule has 1 aliphatic rings. The second-order valence-corrected chi connectivity index (χ2v) is 9.28. The van der Waals surface area contributed by atoms with Crippen LogP contribution in [-0.2, 0) is 41.4 Å². The number of carbonyl (C=O) groups excluding carboxylic acids is 1. The molecule has 1 aliphatic heterocycles. The van der Waals surface area contributed by atoms with Crippen LogP contribution in [0.3, 0.4) is 0 Å². The number of benzene rings is 2. The Morgan fingerprint density at radius 3 is 2.53 bits per heavy atom. The minimum atomic E-state index is -3.85. The average molecular weight is 425 g/mol. The highest BCUT2D eigenvalue weighted by atomic mass is 32.2. The van der Waals surface area contributed by atoms with E-state index in [1.54, 1.807) is 25.1 Å². The predicted octanol–water partition coefficient (Wildman–Crippen LogP) is 2.72. The molecule has 3 aromatic rings. The van der Waals surface area contributed by atoms with Crippen molar-refractivity contribution in [1.82, 2.24) is 14.7 Å². The minimum absolute atomic E-state index is 0.0152. The highest BCUT2D eigenvalue weighted by Crippen LogP contribution is 2.29. The summed E-state index contributed by atoms with van der Waals surface area (Å²) in [6, 6.07) is 16.7. The number of aryl methyl sites for hydroxylation is 1. The molecule has 156 valence electrons. The van der Waals surface area contributed by atoms with Crippen LogP contribution >= 0.6 is 0 Å². The van der Waals surface area contributed by atoms with Crippen molar-refractivity contribution < 1.29 is 13.2 Å². The van der Waals surface area contributed by atoms with Gasteiger partial charge in [-0.15, -0.1) is 0 Å². The summed E-state index contributed by atoms with van der Waals surface area (Å²) in [6.07, 6.45) is 2.32. The van der Waals surface area contributed by atoms with E-state index in [1.165, 1.54) is 15.1 Å². The predicted molar refractivity (Wildman–Crippen MR) is 114 cm³/mol. The largest absolute Gasteiger partial charge is 0.338 e. The van der Waals surface area contributed by atoms with Crippen molar-refractivity contribution in [3.63, 3.8) is 0 Å². The lowest BCUT2D eigenvalue weighted by atomic mass is 9.99. The molecule has 0 spiro atoms. The molecule has 1 amide bonds. The Morgan fingerprint density at radius 2 is 1.87 bits per heavy atom. The maximum Gasteiger partial charge on any atom is 0.283 e. The number of nitrogens with zero attached hydrogens (tertiary/aromatic N) is 4. The van der Waals surface area contributed by atoms with Crippen LogP contribution < -0.4 is 4.31 Å². The number of carbonyl (C=O) groups is 1. The summed E-state index contributed by atoms with van der Waals surface area (Å²) in [7, 11) is -2.15. The SMILES string of the molecule is CC(=O)N1CCc2cc(N(Cc3ccccc3)S(=O)(=O)c3ccn(C)n3)ccc2C1. The Balaban J connectivity index is 1.74. The van der Waals surface area contributed by atoms with E-state index in [1.807, 2.05) is 48.5 Å². The number of hydrogen-bond donors (Lipinski definition) is 0. The second kappa shape index (κ2) is 7.95. The zero-order valence-corrected chi connectivity index (χ0v) is 17.8. The number of sulfonamides is 1. The van der Waals surface area contributed by atoms with Crippen LogP contribution in [0.2, 0.25) is 0 Å². The van der Waals surface area contributed by atoms with Crippen LogP contribution in [0, 0.1) is 0 Å². The van der Waals surface area contributed by atoms with E-state index in [9.17, 15) is 13.2 Å². The Kier molecular flexibility index (Phi) is 5.34. The molecule has 0 unspecified atom stereocenters. The molecule has 0 saturated heterocycles. The molecule has 4 rings (SSSR count). The van der Waals surface area contributed by atoms with Gasteiger partial charge in [0.2, 0.25) is 5.91 Å². The molecule has 0 aliphatic carbocycles. The summed E-state index contributed by atoms with van der Waals surface area (Å²) in [4.78, 5) is 13.5. The fourth-order valence-corrected chi connectivity index (χ4v) is 5.07. The van der Waals surface area contributed by atoms with Gasteiger partial charge in [0.05, 0.1) is 12.2 Å². The molecule has 0 fully saturated rings. The van der Waals surface area contributed by atoms with E-state index in [4.69, 9.17) is 0 Å². The van der Waals surface area contributed by atoms with Gasteiger partial charge in [-0.25, -0.2) is 0 Å². The van der Waals surface area contributed by atoms with E-state index in [0.29, 0.717) is 25.2 Å². The van der Waals surface area contributed by atoms with Crippen molar-refractivity contribution in [3.8, 4) is 0 Å². The van der Waals surface area contributed by atoms with Gasteiger partial charge in [0.25, 0.3) is 10.0 Å². The van der Waals surface area contributed by atoms with Crippen LogP contribution in [0.15, 0.2) is 65.8 Å². The monoisotopic (exact) mass is 424 g/mol. The van der Waals surface area contributed by atoms with E-state index >= 15 is 0 Å². The van der Waals surface area contributed by atoms with Gasteiger partial charge in [-0.2, -0.15) is 13.5 Å². The first-order valence-electron chi connectivity index (χ1n) is 9.78. The second-order valence-electron chi connectivity index (χ2n) is 7.47. The third-order valence-electron chi connectivity index (χ3n) is 5.35. The maximum atomic E-state index is 13.5. The smallest absolute Gasteiger partial charge is 0.283 e. The Morgan fingerprint density at radius 1 is 1.10 bits per heavy atom. The normalized spacial score (nSPS) is 13.7. The van der Waals surface area contributed by atoms with Gasteiger partial charge < -0.3 is 4.90 Å². The van der Waals surface area contributed by atoms with Crippen molar-refractivity contribution in [3.05, 3.63) is 77.5 Å². The van der Waals surface area contributed by atoms with E-state index in [-0.39, 0.29) is 17.5 Å². The van der Waals surface area contributed by atoms with Crippen LogP contribution in [0.25, 0.3) is 0 Å². The molecule has 7 nitrogen and oxygen atoms in total. The zero-order chi connectivity index (χ0) is 21.3. The molecule has 0 atom stereocenters. The van der Waals surface area contributed by atoms with Gasteiger partial charge in [0.15, 0.2) is 5.03 Å². The van der Waals surface area contributed by atoms with Gasteiger partial charge >= 0.3 is 0 Å². The summed E-state index contributed by atoms with van der Waals surface area (Å²) in [6.45, 7) is 2.96. The third kappa shape index (κ3) is 3.95. The average Bonchev–Trinajstić information content (AvgIpc) is 3.19. The Bertz CT molecular complexity index is 1170. The van der Waals surface area contributed by atoms with Crippen LogP contribution in [-0.4, -0.2) is 35.6 Å². The molecular weight excluding hydrogens is 400 g/mol. The molecule has 30 heavy (non-hydrogen) atoms. The van der Waals surface area contributed by atoms with Crippen molar-refractivity contribution in [2.24, 2.45) is 7.05 Å². The quantitative estimate of drug-likeness (QED) is 0.631.